The molecule has 1 N–H and O–H groups in total. The van der Waals surface area contributed by atoms with Gasteiger partial charge in [-0.05, 0) is 70.0 Å². The number of aryl methyl sites for hydroxylation is 4. The molecule has 0 saturated heterocycles. The van der Waals surface area contributed by atoms with Crippen LogP contribution in [0.2, 0.25) is 0 Å². The van der Waals surface area contributed by atoms with Crippen molar-refractivity contribution in [2.45, 2.75) is 39.5 Å². The lowest BCUT2D eigenvalue weighted by atomic mass is 10.1. The van der Waals surface area contributed by atoms with Crippen molar-refractivity contribution in [1.82, 2.24) is 19.5 Å². The van der Waals surface area contributed by atoms with Crippen LogP contribution in [0.5, 0.6) is 11.6 Å². The third-order valence-corrected chi connectivity index (χ3v) is 7.01. The van der Waals surface area contributed by atoms with Crippen molar-refractivity contribution < 1.29 is 13.2 Å². The smallest absolute Gasteiger partial charge is 0.262 e. The highest BCUT2D eigenvalue weighted by Crippen LogP contribution is 2.27. The highest BCUT2D eigenvalue weighted by Gasteiger charge is 2.20. The van der Waals surface area contributed by atoms with E-state index in [-0.39, 0.29) is 0 Å². The third kappa shape index (κ3) is 4.73. The topological polar surface area (TPSA) is 99.0 Å². The van der Waals surface area contributed by atoms with Gasteiger partial charge < -0.3 is 4.74 Å². The lowest BCUT2D eigenvalue weighted by molar-refractivity contribution is 0.461. The molecular formula is C24H25N5O3S. The SMILES string of the molecule is Cc1cc(C)c(S(=O)(=O)Nc2ccc(Oc3cc(-n4cnc(C)c4C)ncn3)cc2)c(C)c1. The molecule has 33 heavy (non-hydrogen) atoms. The minimum absolute atomic E-state index is 0.298. The minimum Gasteiger partial charge on any atom is -0.439 e. The summed E-state index contributed by atoms with van der Waals surface area (Å²) >= 11 is 0. The van der Waals surface area contributed by atoms with E-state index in [2.05, 4.69) is 19.7 Å². The van der Waals surface area contributed by atoms with Crippen molar-refractivity contribution in [2.75, 3.05) is 4.72 Å². The van der Waals surface area contributed by atoms with Crippen molar-refractivity contribution in [1.29, 1.82) is 0 Å². The molecule has 0 aliphatic carbocycles. The van der Waals surface area contributed by atoms with E-state index >= 15 is 0 Å². The Hall–Kier alpha value is -3.72. The molecule has 0 saturated carbocycles. The molecule has 0 spiro atoms. The van der Waals surface area contributed by atoms with E-state index in [1.807, 2.05) is 37.5 Å². The van der Waals surface area contributed by atoms with Crippen molar-refractivity contribution in [2.24, 2.45) is 0 Å². The molecule has 0 amide bonds. The van der Waals surface area contributed by atoms with Crippen LogP contribution >= 0.6 is 0 Å². The summed E-state index contributed by atoms with van der Waals surface area (Å²) < 4.78 is 36.3. The molecule has 9 heteroatoms. The van der Waals surface area contributed by atoms with Gasteiger partial charge in [0, 0.05) is 17.4 Å². The molecule has 0 bridgehead atoms. The fraction of sp³-hybridized carbons (Fsp3) is 0.208. The second kappa shape index (κ2) is 8.67. The molecular weight excluding hydrogens is 438 g/mol. The Kier molecular flexibility index (Phi) is 5.90. The Morgan fingerprint density at radius 3 is 2.15 bits per heavy atom. The predicted molar refractivity (Wildman–Crippen MR) is 127 cm³/mol. The van der Waals surface area contributed by atoms with Crippen LogP contribution in [0.15, 0.2) is 60.0 Å². The number of aromatic nitrogens is 4. The maximum atomic E-state index is 13.0. The van der Waals surface area contributed by atoms with E-state index in [9.17, 15) is 8.42 Å². The summed E-state index contributed by atoms with van der Waals surface area (Å²) in [6.45, 7) is 9.44. The van der Waals surface area contributed by atoms with E-state index in [1.54, 1.807) is 50.5 Å². The number of sulfonamides is 1. The van der Waals surface area contributed by atoms with Gasteiger partial charge in [-0.2, -0.15) is 0 Å². The van der Waals surface area contributed by atoms with Gasteiger partial charge in [0.1, 0.15) is 24.2 Å². The highest BCUT2D eigenvalue weighted by atomic mass is 32.2. The predicted octanol–water partition coefficient (Wildman–Crippen LogP) is 4.80. The summed E-state index contributed by atoms with van der Waals surface area (Å²) in [5.41, 5.74) is 4.79. The van der Waals surface area contributed by atoms with E-state index < -0.39 is 10.0 Å². The number of rotatable bonds is 6. The summed E-state index contributed by atoms with van der Waals surface area (Å²) in [5.74, 6) is 1.53. The van der Waals surface area contributed by atoms with E-state index in [0.717, 1.165) is 17.0 Å². The van der Waals surface area contributed by atoms with Gasteiger partial charge >= 0.3 is 0 Å². The molecule has 0 aliphatic rings. The zero-order valence-electron chi connectivity index (χ0n) is 19.1. The average molecular weight is 464 g/mol. The van der Waals surface area contributed by atoms with Crippen molar-refractivity contribution in [3.8, 4) is 17.4 Å². The molecule has 2 aromatic carbocycles. The summed E-state index contributed by atoms with van der Waals surface area (Å²) in [6.07, 6.45) is 3.13. The van der Waals surface area contributed by atoms with Crippen LogP contribution in [0.4, 0.5) is 5.69 Å². The molecule has 170 valence electrons. The van der Waals surface area contributed by atoms with Crippen LogP contribution < -0.4 is 9.46 Å². The van der Waals surface area contributed by atoms with Crippen molar-refractivity contribution in [3.63, 3.8) is 0 Å². The van der Waals surface area contributed by atoms with E-state index in [1.165, 1.54) is 6.33 Å². The maximum Gasteiger partial charge on any atom is 0.262 e. The highest BCUT2D eigenvalue weighted by molar-refractivity contribution is 7.92. The molecule has 8 nitrogen and oxygen atoms in total. The molecule has 0 atom stereocenters. The second-order valence-electron chi connectivity index (χ2n) is 7.96. The molecule has 4 rings (SSSR count). The summed E-state index contributed by atoms with van der Waals surface area (Å²) in [4.78, 5) is 13.0. The van der Waals surface area contributed by atoms with Gasteiger partial charge in [-0.15, -0.1) is 0 Å². The first kappa shape index (κ1) is 22.5. The van der Waals surface area contributed by atoms with E-state index in [0.29, 0.717) is 39.2 Å². The molecule has 0 fully saturated rings. The summed E-state index contributed by atoms with van der Waals surface area (Å²) in [6, 6.07) is 12.1. The van der Waals surface area contributed by atoms with Gasteiger partial charge in [-0.1, -0.05) is 17.7 Å². The Labute approximate surface area is 193 Å². The molecule has 0 radical (unpaired) electrons. The number of anilines is 1. The van der Waals surface area contributed by atoms with Crippen molar-refractivity contribution >= 4 is 15.7 Å². The first-order valence-electron chi connectivity index (χ1n) is 10.4. The quantitative estimate of drug-likeness (QED) is 0.441. The molecule has 2 heterocycles. The standard InChI is InChI=1S/C24H25N5O3S/c1-15-10-16(2)24(17(3)11-15)33(30,31)28-20-6-8-21(9-7-20)32-23-12-22(25-13-26-23)29-14-27-18(4)19(29)5/h6-14,28H,1-5H3. The Balaban J connectivity index is 1.52. The number of hydrogen-bond acceptors (Lipinski definition) is 6. The third-order valence-electron chi connectivity index (χ3n) is 5.33. The lowest BCUT2D eigenvalue weighted by Gasteiger charge is -2.14. The van der Waals surface area contributed by atoms with Gasteiger partial charge in [-0.3, -0.25) is 9.29 Å². The van der Waals surface area contributed by atoms with Crippen LogP contribution in [-0.2, 0) is 10.0 Å². The maximum absolute atomic E-state index is 13.0. The van der Waals surface area contributed by atoms with Crippen molar-refractivity contribution in [3.05, 3.63) is 83.2 Å². The molecule has 2 aromatic heterocycles. The van der Waals surface area contributed by atoms with Gasteiger partial charge in [0.15, 0.2) is 0 Å². The molecule has 0 aliphatic heterocycles. The zero-order valence-corrected chi connectivity index (χ0v) is 19.9. The van der Waals surface area contributed by atoms with Gasteiger partial charge in [-0.25, -0.2) is 23.4 Å². The van der Waals surface area contributed by atoms with Gasteiger partial charge in [0.2, 0.25) is 5.88 Å². The second-order valence-corrected chi connectivity index (χ2v) is 9.58. The zero-order chi connectivity index (χ0) is 23.8. The van der Waals surface area contributed by atoms with E-state index in [4.69, 9.17) is 4.74 Å². The number of benzene rings is 2. The van der Waals surface area contributed by atoms with Gasteiger partial charge in [0.05, 0.1) is 10.6 Å². The average Bonchev–Trinajstić information content (AvgIpc) is 3.07. The Morgan fingerprint density at radius 2 is 1.55 bits per heavy atom. The summed E-state index contributed by atoms with van der Waals surface area (Å²) in [5, 5.41) is 0. The number of nitrogens with one attached hydrogen (secondary N) is 1. The fourth-order valence-electron chi connectivity index (χ4n) is 3.76. The van der Waals surface area contributed by atoms with Gasteiger partial charge in [0.25, 0.3) is 10.0 Å². The molecule has 4 aromatic rings. The number of nitrogens with zero attached hydrogens (tertiary/aromatic N) is 4. The van der Waals surface area contributed by atoms with Crippen LogP contribution in [0, 0.1) is 34.6 Å². The number of ether oxygens (including phenoxy) is 1. The summed E-state index contributed by atoms with van der Waals surface area (Å²) in [7, 11) is -3.72. The largest absolute Gasteiger partial charge is 0.439 e. The molecule has 0 unspecified atom stereocenters. The van der Waals surface area contributed by atoms with Crippen LogP contribution in [0.1, 0.15) is 28.1 Å². The van der Waals surface area contributed by atoms with Crippen LogP contribution in [-0.4, -0.2) is 27.9 Å². The lowest BCUT2D eigenvalue weighted by Crippen LogP contribution is -2.15. The first-order chi connectivity index (χ1) is 15.6. The minimum atomic E-state index is -3.72. The number of imidazole rings is 1. The Bertz CT molecular complexity index is 1400. The monoisotopic (exact) mass is 463 g/mol. The first-order valence-corrected chi connectivity index (χ1v) is 11.8. The van der Waals surface area contributed by atoms with Crippen LogP contribution in [0.3, 0.4) is 0 Å². The van der Waals surface area contributed by atoms with Crippen LogP contribution in [0.25, 0.3) is 5.82 Å². The Morgan fingerprint density at radius 1 is 0.879 bits per heavy atom. The number of hydrogen-bond donors (Lipinski definition) is 1. The normalized spacial score (nSPS) is 11.4. The fourth-order valence-corrected chi connectivity index (χ4v) is 5.27.